The predicted molar refractivity (Wildman–Crippen MR) is 108 cm³/mol. The fourth-order valence-corrected chi connectivity index (χ4v) is 8.24. The van der Waals surface area contributed by atoms with Crippen LogP contribution in [-0.2, 0) is 0 Å². The molecule has 0 amide bonds. The van der Waals surface area contributed by atoms with E-state index < -0.39 is 0 Å². The molecule has 25 heavy (non-hydrogen) atoms. The molecule has 3 saturated carbocycles. The molecule has 0 bridgehead atoms. The smallest absolute Gasteiger partial charge is 0.0172 e. The van der Waals surface area contributed by atoms with Gasteiger partial charge in [0.15, 0.2) is 0 Å². The molecule has 0 N–H and O–H groups in total. The van der Waals surface area contributed by atoms with Gasteiger partial charge >= 0.3 is 0 Å². The lowest BCUT2D eigenvalue weighted by Gasteiger charge is -2.60. The van der Waals surface area contributed by atoms with Crippen LogP contribution >= 0.6 is 0 Å². The van der Waals surface area contributed by atoms with Crippen molar-refractivity contribution in [3.63, 3.8) is 0 Å². The van der Waals surface area contributed by atoms with Gasteiger partial charge in [0.1, 0.15) is 0 Å². The summed E-state index contributed by atoms with van der Waals surface area (Å²) < 4.78 is 0. The van der Waals surface area contributed by atoms with E-state index in [1.165, 1.54) is 44.9 Å². The van der Waals surface area contributed by atoms with Crippen molar-refractivity contribution in [1.29, 1.82) is 0 Å². The third-order valence-corrected chi connectivity index (χ3v) is 9.68. The van der Waals surface area contributed by atoms with E-state index in [-0.39, 0.29) is 0 Å². The topological polar surface area (TPSA) is 0 Å². The van der Waals surface area contributed by atoms with Crippen molar-refractivity contribution in [3.8, 4) is 0 Å². The predicted octanol–water partition coefficient (Wildman–Crippen LogP) is 7.49. The average Bonchev–Trinajstić information content (AvgIpc) is 2.94. The third kappa shape index (κ3) is 2.68. The molecule has 0 aromatic rings. The lowest BCUT2D eigenvalue weighted by atomic mass is 9.44. The highest BCUT2D eigenvalue weighted by molar-refractivity contribution is 5.22. The van der Waals surface area contributed by atoms with Gasteiger partial charge in [-0.1, -0.05) is 59.6 Å². The molecule has 3 fully saturated rings. The van der Waals surface area contributed by atoms with Crippen molar-refractivity contribution < 1.29 is 0 Å². The van der Waals surface area contributed by atoms with Gasteiger partial charge in [-0.25, -0.2) is 0 Å². The lowest BCUT2D eigenvalue weighted by molar-refractivity contribution is -0.0906. The molecule has 0 heteroatoms. The van der Waals surface area contributed by atoms with Gasteiger partial charge in [0.25, 0.3) is 0 Å². The van der Waals surface area contributed by atoms with Crippen LogP contribution < -0.4 is 0 Å². The fourth-order valence-electron chi connectivity index (χ4n) is 8.24. The Bertz CT molecular complexity index is 540. The Labute approximate surface area is 157 Å². The Hall–Kier alpha value is -0.260. The zero-order valence-corrected chi connectivity index (χ0v) is 17.8. The summed E-state index contributed by atoms with van der Waals surface area (Å²) in [7, 11) is 0. The highest BCUT2D eigenvalue weighted by atomic mass is 14.6. The van der Waals surface area contributed by atoms with Gasteiger partial charge in [-0.3, -0.25) is 0 Å². The molecule has 0 aromatic carbocycles. The van der Waals surface area contributed by atoms with Crippen LogP contribution in [0.15, 0.2) is 11.6 Å². The van der Waals surface area contributed by atoms with Gasteiger partial charge in [-0.15, -0.1) is 0 Å². The molecular weight excluding hydrogens is 300 g/mol. The maximum Gasteiger partial charge on any atom is -0.0172 e. The van der Waals surface area contributed by atoms with Crippen molar-refractivity contribution in [1.82, 2.24) is 0 Å². The van der Waals surface area contributed by atoms with Crippen molar-refractivity contribution in [2.24, 2.45) is 52.3 Å². The van der Waals surface area contributed by atoms with E-state index in [2.05, 4.69) is 47.6 Å². The van der Waals surface area contributed by atoms with Crippen molar-refractivity contribution in [2.45, 2.75) is 92.9 Å². The summed E-state index contributed by atoms with van der Waals surface area (Å²) in [4.78, 5) is 0. The minimum atomic E-state index is 0.583. The highest BCUT2D eigenvalue weighted by Crippen LogP contribution is 2.66. The molecule has 7 atom stereocenters. The molecule has 0 nitrogen and oxygen atoms in total. The summed E-state index contributed by atoms with van der Waals surface area (Å²) in [5.74, 6) is 6.34. The maximum absolute atomic E-state index is 2.80. The maximum atomic E-state index is 2.80. The SMILES string of the molecule is CC(C)C1=C[C@@H]2CC[C@H]3[C@@H]4CCC[C@@]4(C)CC[C@@H]3[C@@]2(C)CC1C(C)C. The van der Waals surface area contributed by atoms with Crippen LogP contribution in [0.25, 0.3) is 0 Å². The largest absolute Gasteiger partial charge is 0.0811 e. The Balaban J connectivity index is 1.67. The highest BCUT2D eigenvalue weighted by Gasteiger charge is 2.58. The Morgan fingerprint density at radius 3 is 2.36 bits per heavy atom. The molecule has 0 saturated heterocycles. The zero-order valence-electron chi connectivity index (χ0n) is 17.8. The van der Waals surface area contributed by atoms with E-state index in [1.807, 2.05) is 0 Å². The first kappa shape index (κ1) is 18.1. The van der Waals surface area contributed by atoms with Crippen LogP contribution in [0, 0.1) is 52.3 Å². The van der Waals surface area contributed by atoms with E-state index in [9.17, 15) is 0 Å². The number of hydrogen-bond donors (Lipinski definition) is 0. The molecule has 142 valence electrons. The summed E-state index contributed by atoms with van der Waals surface area (Å²) in [6.07, 6.45) is 14.9. The van der Waals surface area contributed by atoms with Gasteiger partial charge in [0, 0.05) is 0 Å². The molecule has 1 unspecified atom stereocenters. The molecular formula is C25H42. The quantitative estimate of drug-likeness (QED) is 0.456. The van der Waals surface area contributed by atoms with E-state index in [1.54, 1.807) is 12.0 Å². The molecule has 0 radical (unpaired) electrons. The summed E-state index contributed by atoms with van der Waals surface area (Å²) in [6.45, 7) is 15.2. The lowest BCUT2D eigenvalue weighted by Crippen LogP contribution is -2.52. The van der Waals surface area contributed by atoms with Crippen molar-refractivity contribution in [3.05, 3.63) is 11.6 Å². The fraction of sp³-hybridized carbons (Fsp3) is 0.920. The number of fused-ring (bicyclic) bond motifs is 5. The minimum absolute atomic E-state index is 0.583. The molecule has 4 rings (SSSR count). The van der Waals surface area contributed by atoms with Gasteiger partial charge in [0.2, 0.25) is 0 Å². The van der Waals surface area contributed by atoms with E-state index >= 15 is 0 Å². The Morgan fingerprint density at radius 1 is 0.920 bits per heavy atom. The first-order valence-electron chi connectivity index (χ1n) is 11.5. The van der Waals surface area contributed by atoms with Gasteiger partial charge in [0.05, 0.1) is 0 Å². The number of hydrogen-bond acceptors (Lipinski definition) is 0. The second-order valence-electron chi connectivity index (χ2n) is 11.5. The minimum Gasteiger partial charge on any atom is -0.0811 e. The second kappa shape index (κ2) is 6.13. The monoisotopic (exact) mass is 342 g/mol. The Morgan fingerprint density at radius 2 is 1.68 bits per heavy atom. The molecule has 4 aliphatic rings. The number of rotatable bonds is 2. The van der Waals surface area contributed by atoms with E-state index in [0.717, 1.165) is 41.4 Å². The van der Waals surface area contributed by atoms with E-state index in [4.69, 9.17) is 0 Å². The van der Waals surface area contributed by atoms with Crippen LogP contribution in [0.1, 0.15) is 92.9 Å². The molecule has 0 aliphatic heterocycles. The van der Waals surface area contributed by atoms with Gasteiger partial charge < -0.3 is 0 Å². The summed E-state index contributed by atoms with van der Waals surface area (Å²) in [5, 5.41) is 0. The van der Waals surface area contributed by atoms with Crippen LogP contribution in [0.4, 0.5) is 0 Å². The van der Waals surface area contributed by atoms with Crippen LogP contribution in [0.5, 0.6) is 0 Å². The molecule has 0 aromatic heterocycles. The van der Waals surface area contributed by atoms with Crippen LogP contribution in [0.2, 0.25) is 0 Å². The van der Waals surface area contributed by atoms with Crippen LogP contribution in [-0.4, -0.2) is 0 Å². The van der Waals surface area contributed by atoms with Crippen molar-refractivity contribution >= 4 is 0 Å². The Kier molecular flexibility index (Phi) is 4.45. The van der Waals surface area contributed by atoms with E-state index in [0.29, 0.717) is 10.8 Å². The molecule has 0 spiro atoms. The first-order chi connectivity index (χ1) is 11.8. The first-order valence-corrected chi connectivity index (χ1v) is 11.5. The average molecular weight is 343 g/mol. The zero-order chi connectivity index (χ0) is 18.0. The molecule has 0 heterocycles. The number of allylic oxidation sites excluding steroid dienone is 2. The second-order valence-corrected chi connectivity index (χ2v) is 11.5. The summed E-state index contributed by atoms with van der Waals surface area (Å²) in [5.41, 5.74) is 3.09. The normalized spacial score (nSPS) is 49.6. The third-order valence-electron chi connectivity index (χ3n) is 9.68. The standard InChI is InChI=1S/C25H42/c1-16(2)20-14-18-9-10-19-22-8-7-12-24(22,5)13-11-23(19)25(18,6)15-21(20)17(3)4/h14,16-19,21-23H,7-13,15H2,1-6H3/t18-,19-,21?,22-,23-,24-,25-/m0/s1. The molecule has 4 aliphatic carbocycles. The van der Waals surface area contributed by atoms with Crippen LogP contribution in [0.3, 0.4) is 0 Å². The van der Waals surface area contributed by atoms with Gasteiger partial charge in [-0.05, 0) is 97.2 Å². The summed E-state index contributed by atoms with van der Waals surface area (Å²) >= 11 is 0. The summed E-state index contributed by atoms with van der Waals surface area (Å²) in [6, 6.07) is 0. The van der Waals surface area contributed by atoms with Gasteiger partial charge in [-0.2, -0.15) is 0 Å². The van der Waals surface area contributed by atoms with Crippen molar-refractivity contribution in [2.75, 3.05) is 0 Å².